The number of ether oxygens (including phenoxy) is 1. The van der Waals surface area contributed by atoms with Gasteiger partial charge in [0.2, 0.25) is 0 Å². The average molecular weight is 250 g/mol. The van der Waals surface area contributed by atoms with E-state index in [2.05, 4.69) is 5.43 Å². The van der Waals surface area contributed by atoms with E-state index >= 15 is 0 Å². The van der Waals surface area contributed by atoms with Crippen LogP contribution in [0.25, 0.3) is 0 Å². The van der Waals surface area contributed by atoms with Crippen LogP contribution >= 0.6 is 0 Å². The van der Waals surface area contributed by atoms with Crippen molar-refractivity contribution in [3.63, 3.8) is 0 Å². The Kier molecular flexibility index (Phi) is 5.94. The molecule has 1 rings (SSSR count). The van der Waals surface area contributed by atoms with E-state index in [0.29, 0.717) is 6.61 Å². The fraction of sp³-hybridized carbons (Fsp3) is 0.286. The van der Waals surface area contributed by atoms with Crippen molar-refractivity contribution in [3.05, 3.63) is 53.5 Å². The van der Waals surface area contributed by atoms with Gasteiger partial charge in [-0.1, -0.05) is 25.1 Å². The maximum Gasteiger partial charge on any atom is 0.165 e. The fourth-order valence-corrected chi connectivity index (χ4v) is 1.47. The van der Waals surface area contributed by atoms with Crippen LogP contribution in [0.4, 0.5) is 4.39 Å². The summed E-state index contributed by atoms with van der Waals surface area (Å²) < 4.78 is 18.6. The molecule has 0 aliphatic carbocycles. The van der Waals surface area contributed by atoms with Gasteiger partial charge < -0.3 is 10.2 Å². The van der Waals surface area contributed by atoms with Crippen LogP contribution in [-0.2, 0) is 0 Å². The normalized spacial score (nSPS) is 12.4. The Morgan fingerprint density at radius 2 is 2.11 bits per heavy atom. The van der Waals surface area contributed by atoms with Crippen molar-refractivity contribution in [2.45, 2.75) is 20.3 Å². The minimum Gasteiger partial charge on any atom is -0.486 e. The maximum absolute atomic E-state index is 13.3. The first kappa shape index (κ1) is 14.3. The van der Waals surface area contributed by atoms with E-state index in [9.17, 15) is 4.39 Å². The Balaban J connectivity index is 2.60. The fourth-order valence-electron chi connectivity index (χ4n) is 1.47. The van der Waals surface area contributed by atoms with Gasteiger partial charge in [-0.05, 0) is 37.1 Å². The minimum atomic E-state index is -0.357. The monoisotopic (exact) mass is 250 g/mol. The zero-order valence-corrected chi connectivity index (χ0v) is 10.7. The van der Waals surface area contributed by atoms with E-state index in [4.69, 9.17) is 10.6 Å². The highest BCUT2D eigenvalue weighted by molar-refractivity contribution is 5.28. The second-order valence-electron chi connectivity index (χ2n) is 3.80. The van der Waals surface area contributed by atoms with Gasteiger partial charge >= 0.3 is 0 Å². The lowest BCUT2D eigenvalue weighted by molar-refractivity contribution is 0.341. The van der Waals surface area contributed by atoms with Crippen molar-refractivity contribution in [2.24, 2.45) is 5.84 Å². The van der Waals surface area contributed by atoms with Crippen LogP contribution in [0.15, 0.2) is 47.7 Å². The number of hydrogen-bond acceptors (Lipinski definition) is 3. The largest absolute Gasteiger partial charge is 0.486 e. The summed E-state index contributed by atoms with van der Waals surface area (Å²) in [6.07, 6.45) is 4.72. The Morgan fingerprint density at radius 3 is 2.72 bits per heavy atom. The Hall–Kier alpha value is -1.81. The highest BCUT2D eigenvalue weighted by Gasteiger charge is 2.00. The summed E-state index contributed by atoms with van der Waals surface area (Å²) in [5.41, 5.74) is 4.45. The van der Waals surface area contributed by atoms with Crippen molar-refractivity contribution in [1.82, 2.24) is 5.43 Å². The van der Waals surface area contributed by atoms with Crippen LogP contribution < -0.4 is 16.0 Å². The molecule has 0 aliphatic rings. The van der Waals surface area contributed by atoms with E-state index < -0.39 is 0 Å². The summed E-state index contributed by atoms with van der Waals surface area (Å²) in [6.45, 7) is 4.25. The van der Waals surface area contributed by atoms with E-state index in [1.54, 1.807) is 18.2 Å². The van der Waals surface area contributed by atoms with Crippen LogP contribution in [-0.4, -0.2) is 6.61 Å². The van der Waals surface area contributed by atoms with Gasteiger partial charge in [0, 0.05) is 5.70 Å². The van der Waals surface area contributed by atoms with E-state index in [1.807, 2.05) is 26.0 Å². The molecule has 18 heavy (non-hydrogen) atoms. The molecule has 3 nitrogen and oxygen atoms in total. The SMILES string of the molecule is CC/C=C(NN)\C(C)=C/COc1ccccc1F. The van der Waals surface area contributed by atoms with E-state index in [1.165, 1.54) is 6.07 Å². The van der Waals surface area contributed by atoms with Gasteiger partial charge in [0.1, 0.15) is 6.61 Å². The standard InChI is InChI=1S/C14H19FN2O/c1-3-6-13(17-16)11(2)9-10-18-14-8-5-4-7-12(14)15/h4-9,17H,3,10,16H2,1-2H3/b11-9-,13-6+. The van der Waals surface area contributed by atoms with E-state index in [-0.39, 0.29) is 11.6 Å². The molecular formula is C14H19FN2O. The van der Waals surface area contributed by atoms with Gasteiger partial charge in [0.15, 0.2) is 11.6 Å². The lowest BCUT2D eigenvalue weighted by Crippen LogP contribution is -2.22. The molecule has 98 valence electrons. The third-order valence-corrected chi connectivity index (χ3v) is 2.45. The number of nitrogens with two attached hydrogens (primary N) is 1. The van der Waals surface area contributed by atoms with Gasteiger partial charge in [-0.25, -0.2) is 4.39 Å². The molecule has 0 saturated heterocycles. The topological polar surface area (TPSA) is 47.3 Å². The Labute approximate surface area is 107 Å². The second kappa shape index (κ2) is 7.50. The molecule has 0 amide bonds. The van der Waals surface area contributed by atoms with Crippen LogP contribution in [0.5, 0.6) is 5.75 Å². The number of nitrogens with one attached hydrogen (secondary N) is 1. The molecule has 0 saturated carbocycles. The molecule has 0 fully saturated rings. The molecule has 0 heterocycles. The third-order valence-electron chi connectivity index (χ3n) is 2.45. The number of allylic oxidation sites excluding steroid dienone is 2. The minimum absolute atomic E-state index is 0.253. The molecule has 0 bridgehead atoms. The Morgan fingerprint density at radius 1 is 1.39 bits per heavy atom. The number of hydrogen-bond donors (Lipinski definition) is 2. The highest BCUT2D eigenvalue weighted by atomic mass is 19.1. The first-order valence-corrected chi connectivity index (χ1v) is 5.90. The zero-order chi connectivity index (χ0) is 13.4. The molecular weight excluding hydrogens is 231 g/mol. The van der Waals surface area contributed by atoms with Crippen LogP contribution in [0.2, 0.25) is 0 Å². The van der Waals surface area contributed by atoms with Gasteiger partial charge in [0.25, 0.3) is 0 Å². The molecule has 0 radical (unpaired) electrons. The van der Waals surface area contributed by atoms with E-state index in [0.717, 1.165) is 17.7 Å². The molecule has 3 N–H and O–H groups in total. The third kappa shape index (κ3) is 4.22. The molecule has 0 unspecified atom stereocenters. The van der Waals surface area contributed by atoms with Crippen molar-refractivity contribution in [1.29, 1.82) is 0 Å². The van der Waals surface area contributed by atoms with Crippen molar-refractivity contribution < 1.29 is 9.13 Å². The summed E-state index contributed by atoms with van der Waals surface area (Å²) in [5.74, 6) is 5.30. The smallest absolute Gasteiger partial charge is 0.165 e. The predicted molar refractivity (Wildman–Crippen MR) is 71.3 cm³/mol. The van der Waals surface area contributed by atoms with Crippen molar-refractivity contribution in [3.8, 4) is 5.75 Å². The van der Waals surface area contributed by atoms with Gasteiger partial charge in [-0.3, -0.25) is 5.84 Å². The summed E-state index contributed by atoms with van der Waals surface area (Å²) in [6, 6.07) is 6.33. The molecule has 0 aliphatic heterocycles. The van der Waals surface area contributed by atoms with Gasteiger partial charge in [-0.15, -0.1) is 0 Å². The first-order valence-electron chi connectivity index (χ1n) is 5.90. The maximum atomic E-state index is 13.3. The number of para-hydroxylation sites is 1. The molecule has 1 aromatic carbocycles. The zero-order valence-electron chi connectivity index (χ0n) is 10.7. The highest BCUT2D eigenvalue weighted by Crippen LogP contribution is 2.15. The van der Waals surface area contributed by atoms with Gasteiger partial charge in [-0.2, -0.15) is 0 Å². The predicted octanol–water partition coefficient (Wildman–Crippen LogP) is 2.91. The summed E-state index contributed by atoms with van der Waals surface area (Å²) in [7, 11) is 0. The summed E-state index contributed by atoms with van der Waals surface area (Å²) in [5, 5.41) is 0. The lowest BCUT2D eigenvalue weighted by atomic mass is 10.2. The van der Waals surface area contributed by atoms with Crippen LogP contribution in [0, 0.1) is 5.82 Å². The van der Waals surface area contributed by atoms with Crippen molar-refractivity contribution >= 4 is 0 Å². The number of rotatable bonds is 6. The number of benzene rings is 1. The van der Waals surface area contributed by atoms with Gasteiger partial charge in [0.05, 0.1) is 0 Å². The Bertz CT molecular complexity index is 441. The molecule has 0 atom stereocenters. The van der Waals surface area contributed by atoms with Crippen LogP contribution in [0.1, 0.15) is 20.3 Å². The summed E-state index contributed by atoms with van der Waals surface area (Å²) in [4.78, 5) is 0. The average Bonchev–Trinajstić information content (AvgIpc) is 2.38. The molecule has 0 spiro atoms. The molecule has 1 aromatic rings. The number of halogens is 1. The first-order chi connectivity index (χ1) is 8.69. The van der Waals surface area contributed by atoms with Crippen molar-refractivity contribution in [2.75, 3.05) is 6.61 Å². The molecule has 0 aromatic heterocycles. The molecule has 4 heteroatoms. The summed E-state index contributed by atoms with van der Waals surface area (Å²) >= 11 is 0. The quantitative estimate of drug-likeness (QED) is 0.463. The van der Waals surface area contributed by atoms with Crippen LogP contribution in [0.3, 0.4) is 0 Å². The second-order valence-corrected chi connectivity index (χ2v) is 3.80. The number of hydrazine groups is 1. The lowest BCUT2D eigenvalue weighted by Gasteiger charge is -2.08.